The molecule has 0 fully saturated rings. The Morgan fingerprint density at radius 3 is 2.95 bits per heavy atom. The van der Waals surface area contributed by atoms with Crippen molar-refractivity contribution < 1.29 is 13.7 Å². The summed E-state index contributed by atoms with van der Waals surface area (Å²) < 4.78 is 17.8. The second-order valence-electron chi connectivity index (χ2n) is 4.05. The van der Waals surface area contributed by atoms with E-state index in [4.69, 9.17) is 16.1 Å². The molecular weight excluding hydrogens is 303 g/mol. The van der Waals surface area contributed by atoms with E-state index in [-0.39, 0.29) is 10.9 Å². The molecule has 4 nitrogen and oxygen atoms in total. The summed E-state index contributed by atoms with van der Waals surface area (Å²) in [4.78, 5) is 12.5. The van der Waals surface area contributed by atoms with Crippen LogP contribution in [0.2, 0.25) is 5.02 Å². The molecule has 1 N–H and O–H groups in total. The zero-order chi connectivity index (χ0) is 14.5. The number of nitrogens with one attached hydrogen (secondary N) is 1. The maximum atomic E-state index is 13.0. The smallest absolute Gasteiger partial charge is 0.226 e. The quantitative estimate of drug-likeness (QED) is 0.850. The highest BCUT2D eigenvalue weighted by atomic mass is 35.5. The van der Waals surface area contributed by atoms with Crippen molar-refractivity contribution in [3.05, 3.63) is 40.9 Å². The third-order valence-electron chi connectivity index (χ3n) is 2.38. The molecule has 0 aliphatic rings. The van der Waals surface area contributed by atoms with Crippen molar-refractivity contribution in [2.24, 2.45) is 0 Å². The number of halogens is 2. The lowest BCUT2D eigenvalue weighted by atomic mass is 10.3. The molecule has 1 amide bonds. The molecular formula is C13H12ClFN2O2S. The number of aromatic nitrogens is 1. The predicted octanol–water partition coefficient (Wildman–Crippen LogP) is 3.90. The molecule has 106 valence electrons. The molecule has 0 aliphatic heterocycles. The fourth-order valence-corrected chi connectivity index (χ4v) is 2.59. The lowest BCUT2D eigenvalue weighted by molar-refractivity contribution is -0.115. The topological polar surface area (TPSA) is 55.1 Å². The van der Waals surface area contributed by atoms with E-state index in [1.807, 2.05) is 0 Å². The van der Waals surface area contributed by atoms with E-state index in [1.54, 1.807) is 25.1 Å². The number of aryl methyl sites for hydroxylation is 1. The van der Waals surface area contributed by atoms with Crippen molar-refractivity contribution >= 4 is 35.1 Å². The average molecular weight is 315 g/mol. The highest BCUT2D eigenvalue weighted by Crippen LogP contribution is 2.24. The van der Waals surface area contributed by atoms with Gasteiger partial charge < -0.3 is 9.84 Å². The van der Waals surface area contributed by atoms with Gasteiger partial charge in [0.1, 0.15) is 11.6 Å². The third kappa shape index (κ3) is 4.25. The standard InChI is InChI=1S/C13H12ClFN2O2S/c1-8-6-12(17-19-8)16-13(18)4-5-20-9-2-3-11(15)10(14)7-9/h2-3,6-7H,4-5H2,1H3,(H,16,17,18). The van der Waals surface area contributed by atoms with Gasteiger partial charge in [-0.15, -0.1) is 11.8 Å². The summed E-state index contributed by atoms with van der Waals surface area (Å²) in [6.07, 6.45) is 0.311. The van der Waals surface area contributed by atoms with Gasteiger partial charge in [0.15, 0.2) is 5.82 Å². The number of amides is 1. The second-order valence-corrected chi connectivity index (χ2v) is 5.62. The first-order valence-corrected chi connectivity index (χ1v) is 7.22. The molecule has 1 aromatic carbocycles. The van der Waals surface area contributed by atoms with Gasteiger partial charge in [-0.3, -0.25) is 4.79 Å². The van der Waals surface area contributed by atoms with E-state index in [0.717, 1.165) is 4.90 Å². The van der Waals surface area contributed by atoms with Crippen LogP contribution in [0.1, 0.15) is 12.2 Å². The van der Waals surface area contributed by atoms with E-state index in [9.17, 15) is 9.18 Å². The van der Waals surface area contributed by atoms with Gasteiger partial charge in [0.25, 0.3) is 0 Å². The minimum atomic E-state index is -0.449. The largest absolute Gasteiger partial charge is 0.360 e. The molecule has 2 aromatic rings. The van der Waals surface area contributed by atoms with Crippen molar-refractivity contribution in [2.75, 3.05) is 11.1 Å². The monoisotopic (exact) mass is 314 g/mol. The Hall–Kier alpha value is -1.53. The Morgan fingerprint density at radius 2 is 2.30 bits per heavy atom. The van der Waals surface area contributed by atoms with Crippen LogP contribution in [0.4, 0.5) is 10.2 Å². The van der Waals surface area contributed by atoms with Crippen LogP contribution in [0.25, 0.3) is 0 Å². The fourth-order valence-electron chi connectivity index (χ4n) is 1.46. The maximum absolute atomic E-state index is 13.0. The zero-order valence-electron chi connectivity index (χ0n) is 10.7. The van der Waals surface area contributed by atoms with Crippen molar-refractivity contribution in [3.8, 4) is 0 Å². The van der Waals surface area contributed by atoms with Crippen LogP contribution in [-0.2, 0) is 4.79 Å². The summed E-state index contributed by atoms with van der Waals surface area (Å²) >= 11 is 7.11. The number of carbonyl (C=O) groups is 1. The summed E-state index contributed by atoms with van der Waals surface area (Å²) in [6, 6.07) is 6.12. The number of benzene rings is 1. The van der Waals surface area contributed by atoms with E-state index in [2.05, 4.69) is 10.5 Å². The summed E-state index contributed by atoms with van der Waals surface area (Å²) in [5.41, 5.74) is 0. The van der Waals surface area contributed by atoms with Crippen LogP contribution in [0.3, 0.4) is 0 Å². The first kappa shape index (κ1) is 14.9. The van der Waals surface area contributed by atoms with E-state index >= 15 is 0 Å². The number of nitrogens with zero attached hydrogens (tertiary/aromatic N) is 1. The Morgan fingerprint density at radius 1 is 1.50 bits per heavy atom. The summed E-state index contributed by atoms with van der Waals surface area (Å²) in [5, 5.41) is 6.38. The number of hydrogen-bond donors (Lipinski definition) is 1. The highest BCUT2D eigenvalue weighted by molar-refractivity contribution is 7.99. The second kappa shape index (κ2) is 6.76. The summed E-state index contributed by atoms with van der Waals surface area (Å²) in [7, 11) is 0. The molecule has 7 heteroatoms. The highest BCUT2D eigenvalue weighted by Gasteiger charge is 2.07. The molecule has 0 bridgehead atoms. The molecule has 0 unspecified atom stereocenters. The minimum absolute atomic E-state index is 0.0810. The van der Waals surface area contributed by atoms with Gasteiger partial charge in [0.2, 0.25) is 5.91 Å². The van der Waals surface area contributed by atoms with Crippen LogP contribution < -0.4 is 5.32 Å². The molecule has 0 atom stereocenters. The normalized spacial score (nSPS) is 10.6. The molecule has 20 heavy (non-hydrogen) atoms. The molecule has 0 radical (unpaired) electrons. The molecule has 2 rings (SSSR count). The van der Waals surface area contributed by atoms with Crippen LogP contribution in [0, 0.1) is 12.7 Å². The van der Waals surface area contributed by atoms with Gasteiger partial charge in [0.05, 0.1) is 5.02 Å². The van der Waals surface area contributed by atoms with Crippen molar-refractivity contribution in [3.63, 3.8) is 0 Å². The fraction of sp³-hybridized carbons (Fsp3) is 0.231. The van der Waals surface area contributed by atoms with Crippen LogP contribution in [0.5, 0.6) is 0 Å². The van der Waals surface area contributed by atoms with Gasteiger partial charge in [-0.1, -0.05) is 16.8 Å². The van der Waals surface area contributed by atoms with Crippen LogP contribution in [-0.4, -0.2) is 16.8 Å². The third-order valence-corrected chi connectivity index (χ3v) is 3.67. The van der Waals surface area contributed by atoms with Gasteiger partial charge in [-0.25, -0.2) is 4.39 Å². The van der Waals surface area contributed by atoms with Crippen molar-refractivity contribution in [2.45, 2.75) is 18.2 Å². The van der Waals surface area contributed by atoms with E-state index < -0.39 is 5.82 Å². The Labute approximate surface area is 124 Å². The Kier molecular flexibility index (Phi) is 5.03. The average Bonchev–Trinajstić information content (AvgIpc) is 2.79. The summed E-state index contributed by atoms with van der Waals surface area (Å²) in [5.74, 6) is 0.997. The van der Waals surface area contributed by atoms with Gasteiger partial charge in [0, 0.05) is 23.1 Å². The molecule has 0 saturated heterocycles. The molecule has 1 heterocycles. The first-order chi connectivity index (χ1) is 9.54. The lowest BCUT2D eigenvalue weighted by Gasteiger charge is -2.03. The van der Waals surface area contributed by atoms with E-state index in [1.165, 1.54) is 17.8 Å². The van der Waals surface area contributed by atoms with Gasteiger partial charge in [-0.2, -0.15) is 0 Å². The molecule has 1 aromatic heterocycles. The van der Waals surface area contributed by atoms with Crippen molar-refractivity contribution in [1.82, 2.24) is 5.16 Å². The number of anilines is 1. The molecule has 0 saturated carbocycles. The molecule has 0 aliphatic carbocycles. The minimum Gasteiger partial charge on any atom is -0.360 e. The SMILES string of the molecule is Cc1cc(NC(=O)CCSc2ccc(F)c(Cl)c2)no1. The van der Waals surface area contributed by atoms with E-state index in [0.29, 0.717) is 23.8 Å². The molecule has 0 spiro atoms. The summed E-state index contributed by atoms with van der Waals surface area (Å²) in [6.45, 7) is 1.75. The van der Waals surface area contributed by atoms with Crippen LogP contribution >= 0.6 is 23.4 Å². The number of thioether (sulfide) groups is 1. The Balaban J connectivity index is 1.77. The van der Waals surface area contributed by atoms with Crippen molar-refractivity contribution in [1.29, 1.82) is 0 Å². The number of hydrogen-bond acceptors (Lipinski definition) is 4. The van der Waals surface area contributed by atoms with Gasteiger partial charge in [-0.05, 0) is 25.1 Å². The van der Waals surface area contributed by atoms with Gasteiger partial charge >= 0.3 is 0 Å². The zero-order valence-corrected chi connectivity index (χ0v) is 12.2. The number of rotatable bonds is 5. The predicted molar refractivity (Wildman–Crippen MR) is 76.6 cm³/mol. The first-order valence-electron chi connectivity index (χ1n) is 5.85. The number of carbonyl (C=O) groups excluding carboxylic acids is 1. The van der Waals surface area contributed by atoms with Crippen LogP contribution in [0.15, 0.2) is 33.7 Å². The lowest BCUT2D eigenvalue weighted by Crippen LogP contribution is -2.12. The Bertz CT molecular complexity index is 618. The maximum Gasteiger partial charge on any atom is 0.226 e.